The third-order valence-corrected chi connectivity index (χ3v) is 5.03. The second-order valence-corrected chi connectivity index (χ2v) is 6.96. The van der Waals surface area contributed by atoms with Gasteiger partial charge in [0.1, 0.15) is 0 Å². The number of nitrogens with zero attached hydrogens (tertiary/aromatic N) is 2. The van der Waals surface area contributed by atoms with E-state index >= 15 is 0 Å². The minimum atomic E-state index is -0.118. The first-order chi connectivity index (χ1) is 12.2. The zero-order valence-electron chi connectivity index (χ0n) is 14.5. The van der Waals surface area contributed by atoms with Gasteiger partial charge in [-0.15, -0.1) is 0 Å². The number of hydrogen-bond acceptors (Lipinski definition) is 4. The highest BCUT2D eigenvalue weighted by atomic mass is 16.5. The van der Waals surface area contributed by atoms with Crippen LogP contribution in [0.1, 0.15) is 39.8 Å². The fourth-order valence-corrected chi connectivity index (χ4v) is 3.73. The van der Waals surface area contributed by atoms with Crippen molar-refractivity contribution in [3.63, 3.8) is 0 Å². The Morgan fingerprint density at radius 2 is 2.20 bits per heavy atom. The molecule has 132 valence electrons. The second kappa shape index (κ2) is 6.98. The summed E-state index contributed by atoms with van der Waals surface area (Å²) < 4.78 is 5.46. The lowest BCUT2D eigenvalue weighted by atomic mass is 9.99. The lowest BCUT2D eigenvalue weighted by molar-refractivity contribution is 0.0901. The van der Waals surface area contributed by atoms with Crippen molar-refractivity contribution in [3.05, 3.63) is 52.3 Å². The Kier molecular flexibility index (Phi) is 4.55. The van der Waals surface area contributed by atoms with Crippen LogP contribution in [-0.4, -0.2) is 46.7 Å². The number of fused-ring (bicyclic) bond motifs is 2. The molecule has 1 atom stereocenters. The van der Waals surface area contributed by atoms with Crippen LogP contribution in [0.25, 0.3) is 0 Å². The molecule has 0 radical (unpaired) electrons. The first-order valence-electron chi connectivity index (χ1n) is 8.94. The monoisotopic (exact) mass is 340 g/mol. The van der Waals surface area contributed by atoms with E-state index in [0.29, 0.717) is 18.9 Å². The molecule has 2 aliphatic rings. The fraction of sp³-hybridized carbons (Fsp3) is 0.474. The van der Waals surface area contributed by atoms with Gasteiger partial charge in [0.2, 0.25) is 0 Å². The van der Waals surface area contributed by atoms with E-state index in [4.69, 9.17) is 4.74 Å². The molecular weight excluding hydrogens is 316 g/mol. The van der Waals surface area contributed by atoms with Crippen LogP contribution in [0.15, 0.2) is 24.3 Å². The number of rotatable bonds is 4. The number of amides is 1. The van der Waals surface area contributed by atoms with E-state index in [-0.39, 0.29) is 11.9 Å². The molecule has 1 aromatic carbocycles. The molecule has 1 amide bonds. The van der Waals surface area contributed by atoms with Crippen molar-refractivity contribution in [2.24, 2.45) is 0 Å². The third-order valence-electron chi connectivity index (χ3n) is 5.03. The Morgan fingerprint density at radius 3 is 3.08 bits per heavy atom. The van der Waals surface area contributed by atoms with Crippen molar-refractivity contribution in [1.82, 2.24) is 20.4 Å². The number of carbonyl (C=O) groups is 1. The Hall–Kier alpha value is -2.18. The highest BCUT2D eigenvalue weighted by molar-refractivity contribution is 5.94. The molecule has 3 heterocycles. The first-order valence-corrected chi connectivity index (χ1v) is 8.94. The van der Waals surface area contributed by atoms with E-state index < -0.39 is 0 Å². The maximum atomic E-state index is 12.6. The average molecular weight is 340 g/mol. The van der Waals surface area contributed by atoms with Gasteiger partial charge < -0.3 is 10.1 Å². The molecule has 0 saturated heterocycles. The van der Waals surface area contributed by atoms with Gasteiger partial charge in [-0.1, -0.05) is 24.3 Å². The summed E-state index contributed by atoms with van der Waals surface area (Å²) in [7, 11) is 0. The molecule has 6 heteroatoms. The zero-order chi connectivity index (χ0) is 17.2. The summed E-state index contributed by atoms with van der Waals surface area (Å²) in [5, 5.41) is 10.3. The Bertz CT molecular complexity index is 771. The molecule has 0 unspecified atom stereocenters. The minimum absolute atomic E-state index is 0.0645. The van der Waals surface area contributed by atoms with Crippen molar-refractivity contribution in [1.29, 1.82) is 0 Å². The second-order valence-electron chi connectivity index (χ2n) is 6.96. The summed E-state index contributed by atoms with van der Waals surface area (Å²) in [6.45, 7) is 6.01. The van der Waals surface area contributed by atoms with Gasteiger partial charge in [0.05, 0.1) is 13.2 Å². The summed E-state index contributed by atoms with van der Waals surface area (Å²) >= 11 is 0. The van der Waals surface area contributed by atoms with Crippen LogP contribution < -0.4 is 5.32 Å². The topological polar surface area (TPSA) is 70.2 Å². The van der Waals surface area contributed by atoms with Gasteiger partial charge in [0.25, 0.3) is 5.91 Å². The number of aromatic nitrogens is 2. The largest absolute Gasteiger partial charge is 0.376 e. The van der Waals surface area contributed by atoms with E-state index in [1.54, 1.807) is 0 Å². The van der Waals surface area contributed by atoms with Crippen LogP contribution >= 0.6 is 0 Å². The van der Waals surface area contributed by atoms with Crippen molar-refractivity contribution < 1.29 is 9.53 Å². The smallest absolute Gasteiger partial charge is 0.272 e. The maximum Gasteiger partial charge on any atom is 0.272 e. The van der Waals surface area contributed by atoms with Gasteiger partial charge in [-0.05, 0) is 24.5 Å². The average Bonchev–Trinajstić information content (AvgIpc) is 3.05. The predicted octanol–water partition coefficient (Wildman–Crippen LogP) is 1.66. The molecule has 0 saturated carbocycles. The van der Waals surface area contributed by atoms with Crippen molar-refractivity contribution >= 4 is 5.91 Å². The number of nitrogens with one attached hydrogen (secondary N) is 2. The third kappa shape index (κ3) is 3.45. The fourth-order valence-electron chi connectivity index (χ4n) is 3.73. The molecule has 2 aromatic rings. The molecule has 0 spiro atoms. The molecule has 4 rings (SSSR count). The quantitative estimate of drug-likeness (QED) is 0.888. The van der Waals surface area contributed by atoms with Crippen molar-refractivity contribution in [2.75, 3.05) is 19.7 Å². The molecular formula is C19H24N4O2. The number of benzene rings is 1. The Labute approximate surface area is 147 Å². The van der Waals surface area contributed by atoms with Crippen LogP contribution in [0.5, 0.6) is 0 Å². The van der Waals surface area contributed by atoms with Crippen LogP contribution in [0.4, 0.5) is 0 Å². The molecule has 2 N–H and O–H groups in total. The van der Waals surface area contributed by atoms with Gasteiger partial charge >= 0.3 is 0 Å². The first kappa shape index (κ1) is 16.3. The van der Waals surface area contributed by atoms with Gasteiger partial charge in [0.15, 0.2) is 5.69 Å². The van der Waals surface area contributed by atoms with Crippen LogP contribution in [0, 0.1) is 0 Å². The highest BCUT2D eigenvalue weighted by Gasteiger charge is 2.24. The molecule has 25 heavy (non-hydrogen) atoms. The van der Waals surface area contributed by atoms with E-state index in [2.05, 4.69) is 44.7 Å². The molecule has 2 aliphatic heterocycles. The SMILES string of the molecule is C[C@H](CN1CCc2ccccc2C1)NC(=O)c1n[nH]c2c1COCC2. The number of hydrogen-bond donors (Lipinski definition) is 2. The maximum absolute atomic E-state index is 12.6. The number of H-pyrrole nitrogens is 1. The number of carbonyl (C=O) groups excluding carboxylic acids is 1. The molecule has 6 nitrogen and oxygen atoms in total. The highest BCUT2D eigenvalue weighted by Crippen LogP contribution is 2.19. The predicted molar refractivity (Wildman–Crippen MR) is 94.3 cm³/mol. The molecule has 0 bridgehead atoms. The zero-order valence-corrected chi connectivity index (χ0v) is 14.5. The van der Waals surface area contributed by atoms with E-state index in [1.807, 2.05) is 6.92 Å². The standard InChI is InChI=1S/C19H24N4O2/c1-13(10-23-8-6-14-4-2-3-5-15(14)11-23)20-19(24)18-16-12-25-9-7-17(16)21-22-18/h2-5,13H,6-12H2,1H3,(H,20,24)(H,21,22)/t13-/m1/s1. The summed E-state index contributed by atoms with van der Waals surface area (Å²) in [5.74, 6) is -0.118. The van der Waals surface area contributed by atoms with Gasteiger partial charge in [-0.25, -0.2) is 0 Å². The number of aromatic amines is 1. The normalized spacial score (nSPS) is 18.3. The minimum Gasteiger partial charge on any atom is -0.376 e. The molecule has 1 aromatic heterocycles. The molecule has 0 fully saturated rings. The van der Waals surface area contributed by atoms with Crippen LogP contribution in [-0.2, 0) is 30.7 Å². The summed E-state index contributed by atoms with van der Waals surface area (Å²) in [6.07, 6.45) is 1.86. The van der Waals surface area contributed by atoms with Crippen LogP contribution in [0.2, 0.25) is 0 Å². The van der Waals surface area contributed by atoms with Crippen LogP contribution in [0.3, 0.4) is 0 Å². The van der Waals surface area contributed by atoms with E-state index in [1.165, 1.54) is 11.1 Å². The number of ether oxygens (including phenoxy) is 1. The van der Waals surface area contributed by atoms with E-state index in [0.717, 1.165) is 43.7 Å². The van der Waals surface area contributed by atoms with Gasteiger partial charge in [-0.3, -0.25) is 14.8 Å². The summed E-state index contributed by atoms with van der Waals surface area (Å²) in [4.78, 5) is 15.0. The van der Waals surface area contributed by atoms with Gasteiger partial charge in [-0.2, -0.15) is 5.10 Å². The lowest BCUT2D eigenvalue weighted by Gasteiger charge is -2.31. The summed E-state index contributed by atoms with van der Waals surface area (Å²) in [5.41, 5.74) is 5.24. The summed E-state index contributed by atoms with van der Waals surface area (Å²) in [6, 6.07) is 8.67. The molecule has 0 aliphatic carbocycles. The van der Waals surface area contributed by atoms with Crippen molar-refractivity contribution in [3.8, 4) is 0 Å². The van der Waals surface area contributed by atoms with Gasteiger partial charge in [0, 0.05) is 43.4 Å². The lowest BCUT2D eigenvalue weighted by Crippen LogP contribution is -2.44. The Balaban J connectivity index is 1.36. The Morgan fingerprint density at radius 1 is 1.36 bits per heavy atom. The van der Waals surface area contributed by atoms with E-state index in [9.17, 15) is 4.79 Å². The van der Waals surface area contributed by atoms with Crippen molar-refractivity contribution in [2.45, 2.75) is 39.0 Å².